The summed E-state index contributed by atoms with van der Waals surface area (Å²) >= 11 is 1.38. The molecule has 2 N–H and O–H groups in total. The molecule has 0 unspecified atom stereocenters. The number of hydrogen-bond donors (Lipinski definition) is 2. The number of sulfone groups is 1. The normalized spacial score (nSPS) is 16.9. The van der Waals surface area contributed by atoms with Crippen LogP contribution in [0.15, 0.2) is 46.2 Å². The summed E-state index contributed by atoms with van der Waals surface area (Å²) in [6.45, 7) is 5.24. The molecule has 0 saturated heterocycles. The van der Waals surface area contributed by atoms with Gasteiger partial charge in [0.05, 0.1) is 34.4 Å². The Hall–Kier alpha value is -2.52. The summed E-state index contributed by atoms with van der Waals surface area (Å²) in [6.07, 6.45) is 0. The number of amides is 2. The van der Waals surface area contributed by atoms with Gasteiger partial charge in [-0.05, 0) is 49.7 Å². The van der Waals surface area contributed by atoms with Crippen LogP contribution in [0.25, 0.3) is 0 Å². The second-order valence-corrected chi connectivity index (χ2v) is 10.7. The summed E-state index contributed by atoms with van der Waals surface area (Å²) in [7, 11) is -2.24. The maximum absolute atomic E-state index is 12.9. The molecule has 30 heavy (non-hydrogen) atoms. The van der Waals surface area contributed by atoms with E-state index in [4.69, 9.17) is 4.74 Å². The van der Waals surface area contributed by atoms with Crippen molar-refractivity contribution in [2.45, 2.75) is 35.8 Å². The van der Waals surface area contributed by atoms with Crippen molar-refractivity contribution in [3.8, 4) is 5.75 Å². The Morgan fingerprint density at radius 1 is 1.27 bits per heavy atom. The Labute approximate surface area is 180 Å². The van der Waals surface area contributed by atoms with E-state index in [1.165, 1.54) is 31.0 Å². The average Bonchev–Trinajstić information content (AvgIpc) is 2.68. The number of carbonyl (C=O) groups excluding carboxylic acids is 2. The number of aryl methyl sites for hydroxylation is 1. The quantitative estimate of drug-likeness (QED) is 0.702. The first-order chi connectivity index (χ1) is 14.1. The minimum Gasteiger partial charge on any atom is -0.495 e. The van der Waals surface area contributed by atoms with Gasteiger partial charge in [0, 0.05) is 10.8 Å². The summed E-state index contributed by atoms with van der Waals surface area (Å²) in [5, 5.41) is 5.25. The highest BCUT2D eigenvalue weighted by molar-refractivity contribution is 8.01. The molecule has 0 bridgehead atoms. The zero-order valence-electron chi connectivity index (χ0n) is 17.2. The van der Waals surface area contributed by atoms with E-state index in [-0.39, 0.29) is 21.8 Å². The predicted octanol–water partition coefficient (Wildman–Crippen LogP) is 3.48. The number of rotatable bonds is 6. The number of ether oxygens (including phenoxy) is 1. The molecule has 1 heterocycles. The van der Waals surface area contributed by atoms with Crippen LogP contribution >= 0.6 is 11.8 Å². The fourth-order valence-electron chi connectivity index (χ4n) is 3.06. The van der Waals surface area contributed by atoms with Crippen LogP contribution in [-0.2, 0) is 19.4 Å². The molecule has 3 rings (SSSR count). The van der Waals surface area contributed by atoms with Crippen molar-refractivity contribution in [1.29, 1.82) is 0 Å². The molecular formula is C21H24N2O5S2. The van der Waals surface area contributed by atoms with Gasteiger partial charge in [-0.2, -0.15) is 0 Å². The minimum atomic E-state index is -3.74. The molecule has 2 aromatic carbocycles. The highest BCUT2D eigenvalue weighted by Gasteiger charge is 2.27. The number of thioether (sulfide) groups is 1. The van der Waals surface area contributed by atoms with Crippen molar-refractivity contribution in [2.24, 2.45) is 5.92 Å². The predicted molar refractivity (Wildman–Crippen MR) is 118 cm³/mol. The molecule has 1 aliphatic rings. The zero-order valence-corrected chi connectivity index (χ0v) is 18.8. The monoisotopic (exact) mass is 448 g/mol. The number of anilines is 2. The summed E-state index contributed by atoms with van der Waals surface area (Å²) in [5.74, 6) is -1.23. The lowest BCUT2D eigenvalue weighted by Crippen LogP contribution is -2.28. The van der Waals surface area contributed by atoms with Crippen molar-refractivity contribution in [2.75, 3.05) is 23.5 Å². The third-order valence-electron chi connectivity index (χ3n) is 4.77. The molecule has 0 aromatic heterocycles. The van der Waals surface area contributed by atoms with Crippen LogP contribution < -0.4 is 15.4 Å². The van der Waals surface area contributed by atoms with Crippen molar-refractivity contribution < 1.29 is 22.7 Å². The number of hydrogen-bond acceptors (Lipinski definition) is 6. The molecule has 0 saturated carbocycles. The SMILES string of the molecule is COc1ccc(C)cc1NC(=O)[C@H](C)CS(=O)(=O)c1ccc2c(c1)NC(=O)[C@@H](C)S2. The molecule has 2 atom stereocenters. The molecule has 0 fully saturated rings. The van der Waals surface area contributed by atoms with Crippen LogP contribution in [-0.4, -0.2) is 38.3 Å². The molecule has 1 aliphatic heterocycles. The van der Waals surface area contributed by atoms with Gasteiger partial charge in [0.25, 0.3) is 0 Å². The molecule has 9 heteroatoms. The molecule has 0 radical (unpaired) electrons. The van der Waals surface area contributed by atoms with Gasteiger partial charge in [0.15, 0.2) is 9.84 Å². The van der Waals surface area contributed by atoms with E-state index in [0.717, 1.165) is 10.5 Å². The van der Waals surface area contributed by atoms with Gasteiger partial charge in [0.1, 0.15) is 5.75 Å². The molecule has 2 amide bonds. The van der Waals surface area contributed by atoms with Crippen LogP contribution in [0.1, 0.15) is 19.4 Å². The first-order valence-corrected chi connectivity index (χ1v) is 11.9. The van der Waals surface area contributed by atoms with E-state index in [0.29, 0.717) is 17.1 Å². The molecule has 0 spiro atoms. The fraction of sp³-hybridized carbons (Fsp3) is 0.333. The van der Waals surface area contributed by atoms with E-state index >= 15 is 0 Å². The number of nitrogens with one attached hydrogen (secondary N) is 2. The van der Waals surface area contributed by atoms with Crippen LogP contribution in [0.4, 0.5) is 11.4 Å². The van der Waals surface area contributed by atoms with Crippen LogP contribution in [0, 0.1) is 12.8 Å². The Balaban J connectivity index is 1.75. The van der Waals surface area contributed by atoms with Gasteiger partial charge in [-0.15, -0.1) is 11.8 Å². The van der Waals surface area contributed by atoms with Crippen molar-refractivity contribution in [1.82, 2.24) is 0 Å². The van der Waals surface area contributed by atoms with Gasteiger partial charge >= 0.3 is 0 Å². The number of fused-ring (bicyclic) bond motifs is 1. The molecule has 0 aliphatic carbocycles. The van der Waals surface area contributed by atoms with E-state index < -0.39 is 21.7 Å². The smallest absolute Gasteiger partial charge is 0.237 e. The third kappa shape index (κ3) is 4.79. The van der Waals surface area contributed by atoms with E-state index in [1.807, 2.05) is 13.0 Å². The lowest BCUT2D eigenvalue weighted by Gasteiger charge is -2.22. The Morgan fingerprint density at radius 2 is 2.00 bits per heavy atom. The van der Waals surface area contributed by atoms with Gasteiger partial charge < -0.3 is 15.4 Å². The van der Waals surface area contributed by atoms with Crippen molar-refractivity contribution in [3.63, 3.8) is 0 Å². The maximum Gasteiger partial charge on any atom is 0.237 e. The summed E-state index contributed by atoms with van der Waals surface area (Å²) < 4.78 is 31.0. The summed E-state index contributed by atoms with van der Waals surface area (Å²) in [4.78, 5) is 25.4. The first-order valence-electron chi connectivity index (χ1n) is 9.40. The second kappa shape index (κ2) is 8.69. The van der Waals surface area contributed by atoms with E-state index in [2.05, 4.69) is 10.6 Å². The largest absolute Gasteiger partial charge is 0.495 e. The zero-order chi connectivity index (χ0) is 22.1. The maximum atomic E-state index is 12.9. The lowest BCUT2D eigenvalue weighted by atomic mass is 10.1. The van der Waals surface area contributed by atoms with Gasteiger partial charge in [-0.25, -0.2) is 8.42 Å². The van der Waals surface area contributed by atoms with Gasteiger partial charge in [-0.3, -0.25) is 9.59 Å². The van der Waals surface area contributed by atoms with Gasteiger partial charge in [-0.1, -0.05) is 13.0 Å². The summed E-state index contributed by atoms with van der Waals surface area (Å²) in [6, 6.07) is 10.0. The lowest BCUT2D eigenvalue weighted by molar-refractivity contribution is -0.119. The number of methoxy groups -OCH3 is 1. The van der Waals surface area contributed by atoms with E-state index in [1.54, 1.807) is 32.0 Å². The van der Waals surface area contributed by atoms with E-state index in [9.17, 15) is 18.0 Å². The highest BCUT2D eigenvalue weighted by atomic mass is 32.2. The van der Waals surface area contributed by atoms with Crippen molar-refractivity contribution in [3.05, 3.63) is 42.0 Å². The Kier molecular flexibility index (Phi) is 6.42. The van der Waals surface area contributed by atoms with Crippen LogP contribution in [0.5, 0.6) is 5.75 Å². The minimum absolute atomic E-state index is 0.0736. The topological polar surface area (TPSA) is 102 Å². The standard InChI is InChI=1S/C21H24N2O5S2/c1-12-5-7-18(28-4)16(9-12)22-20(24)13(2)11-30(26,27)15-6-8-19-17(10-15)23-21(25)14(3)29-19/h5-10,13-14H,11H2,1-4H3,(H,22,24)(H,23,25)/t13-,14-/m1/s1. The van der Waals surface area contributed by atoms with Crippen molar-refractivity contribution >= 4 is 44.8 Å². The average molecular weight is 449 g/mol. The Morgan fingerprint density at radius 3 is 2.70 bits per heavy atom. The van der Waals surface area contributed by atoms with Crippen LogP contribution in [0.3, 0.4) is 0 Å². The number of benzene rings is 2. The molecule has 2 aromatic rings. The molecule has 7 nitrogen and oxygen atoms in total. The molecule has 160 valence electrons. The molecular weight excluding hydrogens is 424 g/mol. The fourth-order valence-corrected chi connectivity index (χ4v) is 5.56. The first kappa shape index (κ1) is 22.2. The second-order valence-electron chi connectivity index (χ2n) is 7.28. The summed E-state index contributed by atoms with van der Waals surface area (Å²) in [5.41, 5.74) is 1.91. The van der Waals surface area contributed by atoms with Gasteiger partial charge in [0.2, 0.25) is 11.8 Å². The third-order valence-corrected chi connectivity index (χ3v) is 7.86. The highest BCUT2D eigenvalue weighted by Crippen LogP contribution is 2.37. The Bertz CT molecular complexity index is 1100. The number of carbonyl (C=O) groups is 2. The van der Waals surface area contributed by atoms with Crippen LogP contribution in [0.2, 0.25) is 0 Å².